The Morgan fingerprint density at radius 3 is 1.81 bits per heavy atom. The quantitative estimate of drug-likeness (QED) is 0.733. The summed E-state index contributed by atoms with van der Waals surface area (Å²) in [6, 6.07) is 19.7. The first kappa shape index (κ1) is 19.5. The molecule has 0 amide bonds. The molecule has 5 heteroatoms. The summed E-state index contributed by atoms with van der Waals surface area (Å²) >= 11 is 0. The van der Waals surface area contributed by atoms with Gasteiger partial charge in [0, 0.05) is 18.0 Å². The first-order valence-electron chi connectivity index (χ1n) is 9.54. The number of nitrogens with one attached hydrogen (secondary N) is 2. The third kappa shape index (κ3) is 4.56. The normalized spacial score (nSPS) is 24.1. The Morgan fingerprint density at radius 1 is 0.963 bits per heavy atom. The summed E-state index contributed by atoms with van der Waals surface area (Å²) in [6.07, 6.45) is 0.822. The highest BCUT2D eigenvalue weighted by Gasteiger charge is 2.38. The van der Waals surface area contributed by atoms with Crippen molar-refractivity contribution in [3.63, 3.8) is 0 Å². The van der Waals surface area contributed by atoms with Crippen LogP contribution in [0.5, 0.6) is 0 Å². The lowest BCUT2D eigenvalue weighted by Gasteiger charge is -2.43. The third-order valence-corrected chi connectivity index (χ3v) is 5.32. The molecule has 3 N–H and O–H groups in total. The summed E-state index contributed by atoms with van der Waals surface area (Å²) < 4.78 is 0. The highest BCUT2D eigenvalue weighted by Crippen LogP contribution is 2.31. The molecule has 3 atom stereocenters. The molecule has 144 valence electrons. The minimum absolute atomic E-state index is 0.195. The Bertz CT molecular complexity index is 688. The van der Waals surface area contributed by atoms with E-state index in [-0.39, 0.29) is 12.2 Å². The zero-order valence-electron chi connectivity index (χ0n) is 16.2. The Labute approximate surface area is 161 Å². The number of nitrogens with zero attached hydrogens (tertiary/aromatic N) is 1. The van der Waals surface area contributed by atoms with Crippen LogP contribution in [-0.2, 0) is 4.79 Å². The molecule has 0 saturated carbocycles. The van der Waals surface area contributed by atoms with Crippen molar-refractivity contribution >= 4 is 5.97 Å². The lowest BCUT2D eigenvalue weighted by atomic mass is 9.84. The van der Waals surface area contributed by atoms with E-state index < -0.39 is 12.0 Å². The van der Waals surface area contributed by atoms with E-state index in [1.165, 1.54) is 0 Å². The van der Waals surface area contributed by atoms with Crippen LogP contribution in [0, 0.1) is 0 Å². The van der Waals surface area contributed by atoms with Crippen molar-refractivity contribution in [1.82, 2.24) is 15.5 Å². The summed E-state index contributed by atoms with van der Waals surface area (Å²) in [5.74, 6) is -1.10. The van der Waals surface area contributed by atoms with Gasteiger partial charge in [0.05, 0.1) is 0 Å². The highest BCUT2D eigenvalue weighted by molar-refractivity contribution is 5.76. The Balaban J connectivity index is 1.99. The minimum atomic E-state index is -0.829. The summed E-state index contributed by atoms with van der Waals surface area (Å²) in [6.45, 7) is 4.28. The zero-order chi connectivity index (χ0) is 19.4. The van der Waals surface area contributed by atoms with E-state index in [9.17, 15) is 9.90 Å². The summed E-state index contributed by atoms with van der Waals surface area (Å²) in [5.41, 5.74) is 2.00. The predicted molar refractivity (Wildman–Crippen MR) is 108 cm³/mol. The minimum Gasteiger partial charge on any atom is -0.480 e. The maximum absolute atomic E-state index is 12.4. The number of rotatable bonds is 6. The molecule has 0 aliphatic carbocycles. The smallest absolute Gasteiger partial charge is 0.321 e. The van der Waals surface area contributed by atoms with Crippen molar-refractivity contribution in [3.05, 3.63) is 71.8 Å². The number of likely N-dealkylation sites (N-methyl/N-ethyl adjacent to an activating group) is 1. The van der Waals surface area contributed by atoms with Crippen LogP contribution in [0.1, 0.15) is 37.3 Å². The van der Waals surface area contributed by atoms with Crippen LogP contribution in [-0.4, -0.2) is 47.4 Å². The molecule has 27 heavy (non-hydrogen) atoms. The first-order chi connectivity index (χ1) is 13.0. The molecule has 1 aliphatic rings. The van der Waals surface area contributed by atoms with Gasteiger partial charge in [-0.25, -0.2) is 0 Å². The molecule has 0 spiro atoms. The Kier molecular flexibility index (Phi) is 6.26. The molecule has 1 saturated heterocycles. The summed E-state index contributed by atoms with van der Waals surface area (Å²) in [5, 5.41) is 17.2. The SMILES string of the molecule is CC1CC(C)NC(N(C)C(C(=O)O)C(c2ccccc2)c2ccccc2)N1. The van der Waals surface area contributed by atoms with E-state index in [4.69, 9.17) is 0 Å². The number of carbonyl (C=O) groups is 1. The summed E-state index contributed by atoms with van der Waals surface area (Å²) in [7, 11) is 1.88. The van der Waals surface area contributed by atoms with E-state index in [0.717, 1.165) is 17.5 Å². The lowest BCUT2D eigenvalue weighted by molar-refractivity contribution is -0.145. The van der Waals surface area contributed by atoms with E-state index in [0.29, 0.717) is 12.1 Å². The van der Waals surface area contributed by atoms with Crippen molar-refractivity contribution in [3.8, 4) is 0 Å². The standard InChI is InChI=1S/C22H29N3O2/c1-15-14-16(2)24-22(23-15)25(3)20(21(26)27)19(17-10-6-4-7-11-17)18-12-8-5-9-13-18/h4-13,15-16,19-20,22-24H,14H2,1-3H3,(H,26,27). The fourth-order valence-corrected chi connectivity index (χ4v) is 4.08. The van der Waals surface area contributed by atoms with Gasteiger partial charge in [0.2, 0.25) is 0 Å². The molecular weight excluding hydrogens is 338 g/mol. The molecule has 0 radical (unpaired) electrons. The number of hydrogen-bond acceptors (Lipinski definition) is 4. The van der Waals surface area contributed by atoms with Gasteiger partial charge >= 0.3 is 5.97 Å². The second kappa shape index (κ2) is 8.65. The van der Waals surface area contributed by atoms with E-state index in [1.54, 1.807) is 0 Å². The number of hydrogen-bond donors (Lipinski definition) is 3. The lowest BCUT2D eigenvalue weighted by Crippen LogP contribution is -2.66. The van der Waals surface area contributed by atoms with Crippen molar-refractivity contribution < 1.29 is 9.90 Å². The van der Waals surface area contributed by atoms with Gasteiger partial charge in [0.15, 0.2) is 0 Å². The van der Waals surface area contributed by atoms with Crippen LogP contribution in [0.25, 0.3) is 0 Å². The number of benzene rings is 2. The van der Waals surface area contributed by atoms with E-state index in [1.807, 2.05) is 72.6 Å². The molecular formula is C22H29N3O2. The van der Waals surface area contributed by atoms with E-state index in [2.05, 4.69) is 24.5 Å². The molecule has 1 fully saturated rings. The average molecular weight is 367 g/mol. The van der Waals surface area contributed by atoms with Gasteiger partial charge in [-0.05, 0) is 38.4 Å². The molecule has 0 bridgehead atoms. The Morgan fingerprint density at radius 2 is 1.41 bits per heavy atom. The van der Waals surface area contributed by atoms with Crippen molar-refractivity contribution in [2.75, 3.05) is 7.05 Å². The second-order valence-electron chi connectivity index (χ2n) is 7.52. The van der Waals surface area contributed by atoms with Crippen LogP contribution in [0.4, 0.5) is 0 Å². The largest absolute Gasteiger partial charge is 0.480 e. The second-order valence-corrected chi connectivity index (χ2v) is 7.52. The van der Waals surface area contributed by atoms with E-state index >= 15 is 0 Å². The van der Waals surface area contributed by atoms with Crippen LogP contribution in [0.15, 0.2) is 60.7 Å². The van der Waals surface area contributed by atoms with Gasteiger partial charge in [-0.1, -0.05) is 60.7 Å². The zero-order valence-corrected chi connectivity index (χ0v) is 16.2. The monoisotopic (exact) mass is 367 g/mol. The molecule has 3 rings (SSSR count). The number of carboxylic acids is 1. The number of carboxylic acid groups (broad SMARTS) is 1. The van der Waals surface area contributed by atoms with Crippen molar-refractivity contribution in [1.29, 1.82) is 0 Å². The Hall–Kier alpha value is -2.21. The van der Waals surface area contributed by atoms with Gasteiger partial charge in [0.25, 0.3) is 0 Å². The van der Waals surface area contributed by atoms with Crippen LogP contribution in [0.3, 0.4) is 0 Å². The fraction of sp³-hybridized carbons (Fsp3) is 0.409. The maximum Gasteiger partial charge on any atom is 0.321 e. The molecule has 3 unspecified atom stereocenters. The first-order valence-corrected chi connectivity index (χ1v) is 9.54. The molecule has 2 aromatic carbocycles. The van der Waals surface area contributed by atoms with Gasteiger partial charge in [-0.2, -0.15) is 0 Å². The molecule has 5 nitrogen and oxygen atoms in total. The van der Waals surface area contributed by atoms with Gasteiger partial charge in [-0.15, -0.1) is 0 Å². The highest BCUT2D eigenvalue weighted by atomic mass is 16.4. The van der Waals surface area contributed by atoms with Crippen molar-refractivity contribution in [2.24, 2.45) is 0 Å². The van der Waals surface area contributed by atoms with Crippen LogP contribution in [0.2, 0.25) is 0 Å². The fourth-order valence-electron chi connectivity index (χ4n) is 4.08. The molecule has 2 aromatic rings. The molecule has 0 aromatic heterocycles. The number of aliphatic carboxylic acids is 1. The molecule has 1 aliphatic heterocycles. The third-order valence-electron chi connectivity index (χ3n) is 5.32. The van der Waals surface area contributed by atoms with Crippen LogP contribution >= 0.6 is 0 Å². The average Bonchev–Trinajstić information content (AvgIpc) is 2.66. The predicted octanol–water partition coefficient (Wildman–Crippen LogP) is 2.85. The van der Waals surface area contributed by atoms with Crippen LogP contribution < -0.4 is 10.6 Å². The van der Waals surface area contributed by atoms with Gasteiger partial charge < -0.3 is 5.11 Å². The summed E-state index contributed by atoms with van der Waals surface area (Å²) in [4.78, 5) is 14.4. The topological polar surface area (TPSA) is 64.6 Å². The molecule has 1 heterocycles. The van der Waals surface area contributed by atoms with Gasteiger partial charge in [0.1, 0.15) is 12.3 Å². The maximum atomic E-state index is 12.4. The van der Waals surface area contributed by atoms with Gasteiger partial charge in [-0.3, -0.25) is 20.3 Å². The van der Waals surface area contributed by atoms with Crippen molar-refractivity contribution in [2.45, 2.75) is 50.6 Å².